The SMILES string of the molecule is N=NOC=[N+](Cc1ccccc1)N=NN. The first-order valence-electron chi connectivity index (χ1n) is 4.14. The number of hydrogen-bond donors (Lipinski definition) is 2. The molecule has 0 saturated carbocycles. The normalized spacial score (nSPS) is 11.6. The highest BCUT2D eigenvalue weighted by atomic mass is 16.6. The van der Waals surface area contributed by atoms with Crippen LogP contribution in [0, 0.1) is 5.53 Å². The molecule has 0 fully saturated rings. The first-order valence-corrected chi connectivity index (χ1v) is 4.14. The summed E-state index contributed by atoms with van der Waals surface area (Å²) in [6, 6.07) is 9.57. The fraction of sp³-hybridized carbons (Fsp3) is 0.125. The molecule has 0 amide bonds. The molecule has 7 heteroatoms. The van der Waals surface area contributed by atoms with E-state index in [-0.39, 0.29) is 0 Å². The molecule has 0 heterocycles. The summed E-state index contributed by atoms with van der Waals surface area (Å²) in [6.07, 6.45) is 1.15. The predicted molar refractivity (Wildman–Crippen MR) is 51.7 cm³/mol. The van der Waals surface area contributed by atoms with Crippen LogP contribution in [0.1, 0.15) is 5.56 Å². The first kappa shape index (κ1) is 10.8. The molecule has 1 aromatic carbocycles. The molecule has 0 spiro atoms. The van der Waals surface area contributed by atoms with E-state index in [0.29, 0.717) is 6.54 Å². The highest BCUT2D eigenvalue weighted by Gasteiger charge is 2.01. The Bertz CT molecular complexity index is 361. The van der Waals surface area contributed by atoms with Gasteiger partial charge in [0.15, 0.2) is 10.4 Å². The predicted octanol–water partition coefficient (Wildman–Crippen LogP) is 1.43. The van der Waals surface area contributed by atoms with Crippen molar-refractivity contribution in [1.82, 2.24) is 0 Å². The molecule has 0 radical (unpaired) electrons. The minimum Gasteiger partial charge on any atom is -0.302 e. The van der Waals surface area contributed by atoms with Gasteiger partial charge in [0, 0.05) is 5.28 Å². The molecule has 0 aliphatic rings. The van der Waals surface area contributed by atoms with Crippen LogP contribution in [0.5, 0.6) is 0 Å². The average molecular weight is 207 g/mol. The summed E-state index contributed by atoms with van der Waals surface area (Å²) in [4.78, 5) is 4.40. The second-order valence-electron chi connectivity index (χ2n) is 2.59. The van der Waals surface area contributed by atoms with Gasteiger partial charge >= 0.3 is 0 Å². The average Bonchev–Trinajstić information content (AvgIpc) is 2.28. The fourth-order valence-electron chi connectivity index (χ4n) is 1.00. The van der Waals surface area contributed by atoms with Gasteiger partial charge in [-0.15, -0.1) is 0 Å². The molecule has 7 nitrogen and oxygen atoms in total. The van der Waals surface area contributed by atoms with Gasteiger partial charge in [-0.3, -0.25) is 0 Å². The third-order valence-corrected chi connectivity index (χ3v) is 1.58. The van der Waals surface area contributed by atoms with E-state index in [1.807, 2.05) is 30.3 Å². The molecule has 1 aromatic rings. The van der Waals surface area contributed by atoms with Gasteiger partial charge in [0.25, 0.3) is 6.40 Å². The zero-order chi connectivity index (χ0) is 10.9. The van der Waals surface area contributed by atoms with Crippen LogP contribution in [0.4, 0.5) is 0 Å². The monoisotopic (exact) mass is 207 g/mol. The molecule has 0 atom stereocenters. The zero-order valence-electron chi connectivity index (χ0n) is 7.95. The number of nitrogens with zero attached hydrogens (tertiary/aromatic N) is 4. The fourth-order valence-corrected chi connectivity index (χ4v) is 1.00. The highest BCUT2D eigenvalue weighted by molar-refractivity contribution is 5.38. The standard InChI is InChI=1S/C8H11N6O/c9-11-13-14(7-15-12-10)6-8-4-2-1-3-5-8/h1-5,7,10H,6H2,(H2,9,13)/q+1. The van der Waals surface area contributed by atoms with Gasteiger partial charge in [-0.2, -0.15) is 5.53 Å². The number of benzene rings is 1. The maximum atomic E-state index is 6.45. The van der Waals surface area contributed by atoms with Crippen LogP contribution in [-0.4, -0.2) is 11.1 Å². The van der Waals surface area contributed by atoms with E-state index in [0.717, 1.165) is 12.0 Å². The topological polar surface area (TPSA) is 99.2 Å². The number of nitrogens with two attached hydrogens (primary N) is 1. The lowest BCUT2D eigenvalue weighted by molar-refractivity contribution is -0.560. The molecule has 78 valence electrons. The lowest BCUT2D eigenvalue weighted by Gasteiger charge is -1.96. The largest absolute Gasteiger partial charge is 0.302 e. The van der Waals surface area contributed by atoms with Gasteiger partial charge in [-0.1, -0.05) is 35.0 Å². The van der Waals surface area contributed by atoms with E-state index >= 15 is 0 Å². The van der Waals surface area contributed by atoms with E-state index in [2.05, 4.69) is 20.6 Å². The minimum atomic E-state index is 0.442. The highest BCUT2D eigenvalue weighted by Crippen LogP contribution is 2.00. The van der Waals surface area contributed by atoms with E-state index in [9.17, 15) is 0 Å². The first-order chi connectivity index (χ1) is 7.36. The van der Waals surface area contributed by atoms with Crippen molar-refractivity contribution >= 4 is 6.40 Å². The lowest BCUT2D eigenvalue weighted by atomic mass is 10.2. The molecule has 0 aliphatic carbocycles. The Balaban J connectivity index is 2.71. The minimum absolute atomic E-state index is 0.442. The third kappa shape index (κ3) is 3.94. The van der Waals surface area contributed by atoms with Gasteiger partial charge in [0.05, 0.1) is 0 Å². The van der Waals surface area contributed by atoms with Gasteiger partial charge in [-0.25, -0.2) is 5.84 Å². The number of nitrogens with one attached hydrogen (secondary N) is 1. The van der Waals surface area contributed by atoms with E-state index in [1.165, 1.54) is 4.68 Å². The van der Waals surface area contributed by atoms with Crippen LogP contribution in [-0.2, 0) is 11.4 Å². The Hall–Kier alpha value is -2.31. The van der Waals surface area contributed by atoms with Crippen LogP contribution in [0.3, 0.4) is 0 Å². The van der Waals surface area contributed by atoms with Crippen molar-refractivity contribution in [3.05, 3.63) is 35.9 Å². The van der Waals surface area contributed by atoms with Crippen molar-refractivity contribution in [2.24, 2.45) is 21.6 Å². The van der Waals surface area contributed by atoms with Gasteiger partial charge in [0.2, 0.25) is 0 Å². The third-order valence-electron chi connectivity index (χ3n) is 1.58. The summed E-state index contributed by atoms with van der Waals surface area (Å²) in [5, 5.41) is 9.40. The number of hydrogen-bond acceptors (Lipinski definition) is 5. The molecular formula is C8H11N6O+. The zero-order valence-corrected chi connectivity index (χ0v) is 7.95. The molecular weight excluding hydrogens is 196 g/mol. The summed E-state index contributed by atoms with van der Waals surface area (Å²) < 4.78 is 1.33. The van der Waals surface area contributed by atoms with E-state index in [1.54, 1.807) is 0 Å². The second kappa shape index (κ2) is 6.19. The lowest BCUT2D eigenvalue weighted by Crippen LogP contribution is -2.07. The summed E-state index contributed by atoms with van der Waals surface area (Å²) >= 11 is 0. The molecule has 0 bridgehead atoms. The smallest absolute Gasteiger partial charge is 0.298 e. The maximum Gasteiger partial charge on any atom is 0.298 e. The van der Waals surface area contributed by atoms with E-state index < -0.39 is 0 Å². The summed E-state index contributed by atoms with van der Waals surface area (Å²) in [5.74, 6) is 4.92. The van der Waals surface area contributed by atoms with Crippen LogP contribution in [0.15, 0.2) is 46.1 Å². The Labute approximate surface area is 86.3 Å². The van der Waals surface area contributed by atoms with Crippen molar-refractivity contribution < 1.29 is 9.52 Å². The van der Waals surface area contributed by atoms with Crippen molar-refractivity contribution in [3.63, 3.8) is 0 Å². The Morgan fingerprint density at radius 2 is 2.13 bits per heavy atom. The quantitative estimate of drug-likeness (QED) is 0.190. The molecule has 0 aliphatic heterocycles. The summed E-state index contributed by atoms with van der Waals surface area (Å²) in [6.45, 7) is 0.442. The van der Waals surface area contributed by atoms with Crippen LogP contribution >= 0.6 is 0 Å². The van der Waals surface area contributed by atoms with Crippen LogP contribution in [0.2, 0.25) is 0 Å². The molecule has 0 saturated heterocycles. The molecule has 1 rings (SSSR count). The van der Waals surface area contributed by atoms with Gasteiger partial charge < -0.3 is 4.84 Å². The Morgan fingerprint density at radius 3 is 2.73 bits per heavy atom. The number of rotatable bonds is 5. The van der Waals surface area contributed by atoms with Crippen LogP contribution in [0.25, 0.3) is 0 Å². The summed E-state index contributed by atoms with van der Waals surface area (Å²) in [7, 11) is 0. The van der Waals surface area contributed by atoms with Crippen LogP contribution < -0.4 is 5.84 Å². The van der Waals surface area contributed by atoms with Crippen molar-refractivity contribution in [2.45, 2.75) is 6.54 Å². The maximum absolute atomic E-state index is 6.45. The van der Waals surface area contributed by atoms with E-state index in [4.69, 9.17) is 11.4 Å². The molecule has 0 aromatic heterocycles. The Morgan fingerprint density at radius 1 is 1.40 bits per heavy atom. The molecule has 15 heavy (non-hydrogen) atoms. The molecule has 0 unspecified atom stereocenters. The van der Waals surface area contributed by atoms with Crippen molar-refractivity contribution in [2.75, 3.05) is 0 Å². The molecule has 3 N–H and O–H groups in total. The van der Waals surface area contributed by atoms with Gasteiger partial charge in [0.1, 0.15) is 6.54 Å². The summed E-state index contributed by atoms with van der Waals surface area (Å²) in [5.41, 5.74) is 7.46. The van der Waals surface area contributed by atoms with Gasteiger partial charge in [-0.05, 0) is 5.56 Å². The van der Waals surface area contributed by atoms with Crippen molar-refractivity contribution in [1.29, 1.82) is 5.53 Å². The second-order valence-corrected chi connectivity index (χ2v) is 2.59. The van der Waals surface area contributed by atoms with Crippen molar-refractivity contribution in [3.8, 4) is 0 Å². The Kier molecular flexibility index (Phi) is 4.44.